The third kappa shape index (κ3) is 0.796. The number of allylic oxidation sites excluding steroid dienone is 2. The van der Waals surface area contributed by atoms with Crippen LogP contribution in [0.2, 0.25) is 0 Å². The highest BCUT2D eigenvalue weighted by molar-refractivity contribution is 5.73. The molecular formula is C5H7NO. The second kappa shape index (κ2) is 1.37. The molecule has 2 nitrogen and oxygen atoms in total. The first-order valence-corrected chi connectivity index (χ1v) is 2.20. The van der Waals surface area contributed by atoms with Crippen molar-refractivity contribution in [2.45, 2.75) is 6.92 Å². The zero-order valence-electron chi connectivity index (χ0n) is 4.13. The summed E-state index contributed by atoms with van der Waals surface area (Å²) >= 11 is 0. The van der Waals surface area contributed by atoms with Crippen LogP contribution in [0.5, 0.6) is 0 Å². The minimum absolute atomic E-state index is 0.366. The topological polar surface area (TPSA) is 32.6 Å². The SMILES string of the molecule is CC1=CC1/C=N/O. The van der Waals surface area contributed by atoms with Gasteiger partial charge in [-0.1, -0.05) is 11.6 Å². The van der Waals surface area contributed by atoms with Crippen LogP contribution in [0.4, 0.5) is 0 Å². The first-order valence-electron chi connectivity index (χ1n) is 2.20. The molecule has 0 amide bonds. The lowest BCUT2D eigenvalue weighted by Gasteiger charge is -1.76. The van der Waals surface area contributed by atoms with Crippen LogP contribution in [0, 0.1) is 5.92 Å². The van der Waals surface area contributed by atoms with Gasteiger partial charge in [0, 0.05) is 5.92 Å². The highest BCUT2D eigenvalue weighted by atomic mass is 16.4. The van der Waals surface area contributed by atoms with Crippen molar-refractivity contribution < 1.29 is 5.21 Å². The van der Waals surface area contributed by atoms with Crippen molar-refractivity contribution >= 4 is 6.21 Å². The summed E-state index contributed by atoms with van der Waals surface area (Å²) in [5.74, 6) is 0.366. The molecule has 0 bridgehead atoms. The van der Waals surface area contributed by atoms with Crippen LogP contribution in [0.25, 0.3) is 0 Å². The van der Waals surface area contributed by atoms with Crippen molar-refractivity contribution in [2.75, 3.05) is 0 Å². The second-order valence-electron chi connectivity index (χ2n) is 1.70. The van der Waals surface area contributed by atoms with Gasteiger partial charge in [-0.05, 0) is 6.92 Å². The molecule has 1 N–H and O–H groups in total. The van der Waals surface area contributed by atoms with Gasteiger partial charge in [-0.2, -0.15) is 0 Å². The maximum atomic E-state index is 7.93. The molecular weight excluding hydrogens is 90.1 g/mol. The zero-order valence-corrected chi connectivity index (χ0v) is 4.13. The van der Waals surface area contributed by atoms with Gasteiger partial charge in [-0.25, -0.2) is 0 Å². The van der Waals surface area contributed by atoms with Crippen LogP contribution >= 0.6 is 0 Å². The molecule has 1 unspecified atom stereocenters. The Morgan fingerprint density at radius 2 is 2.57 bits per heavy atom. The van der Waals surface area contributed by atoms with E-state index in [0.717, 1.165) is 0 Å². The Hall–Kier alpha value is -0.790. The average molecular weight is 97.1 g/mol. The smallest absolute Gasteiger partial charge is 0.0545 e. The van der Waals surface area contributed by atoms with Gasteiger partial charge in [0.2, 0.25) is 0 Å². The van der Waals surface area contributed by atoms with Gasteiger partial charge in [0.25, 0.3) is 0 Å². The molecule has 0 aromatic rings. The van der Waals surface area contributed by atoms with Crippen molar-refractivity contribution in [1.29, 1.82) is 0 Å². The van der Waals surface area contributed by atoms with E-state index in [9.17, 15) is 0 Å². The largest absolute Gasteiger partial charge is 0.411 e. The number of oxime groups is 1. The molecule has 1 aliphatic carbocycles. The third-order valence-corrected chi connectivity index (χ3v) is 1.09. The monoisotopic (exact) mass is 97.1 g/mol. The summed E-state index contributed by atoms with van der Waals surface area (Å²) in [6.45, 7) is 2.01. The Balaban J connectivity index is 2.26. The van der Waals surface area contributed by atoms with Crippen molar-refractivity contribution in [1.82, 2.24) is 0 Å². The summed E-state index contributed by atoms with van der Waals surface area (Å²) in [7, 11) is 0. The first kappa shape index (κ1) is 4.37. The quantitative estimate of drug-likeness (QED) is 0.225. The van der Waals surface area contributed by atoms with Gasteiger partial charge in [0.1, 0.15) is 0 Å². The number of rotatable bonds is 1. The van der Waals surface area contributed by atoms with E-state index >= 15 is 0 Å². The minimum Gasteiger partial charge on any atom is -0.411 e. The maximum absolute atomic E-state index is 7.93. The third-order valence-electron chi connectivity index (χ3n) is 1.09. The fraction of sp³-hybridized carbons (Fsp3) is 0.400. The highest BCUT2D eigenvalue weighted by Crippen LogP contribution is 2.24. The molecule has 0 fully saturated rings. The molecule has 0 radical (unpaired) electrons. The molecule has 0 spiro atoms. The Morgan fingerprint density at radius 1 is 2.00 bits per heavy atom. The molecule has 0 saturated carbocycles. The molecule has 0 aromatic heterocycles. The molecule has 7 heavy (non-hydrogen) atoms. The fourth-order valence-electron chi connectivity index (χ4n) is 0.468. The van der Waals surface area contributed by atoms with Gasteiger partial charge in [-0.3, -0.25) is 0 Å². The molecule has 38 valence electrons. The lowest BCUT2D eigenvalue weighted by atomic mass is 10.3. The van der Waals surface area contributed by atoms with Gasteiger partial charge < -0.3 is 5.21 Å². The van der Waals surface area contributed by atoms with E-state index < -0.39 is 0 Å². The maximum Gasteiger partial charge on any atom is 0.0545 e. The van der Waals surface area contributed by atoms with Gasteiger partial charge in [0.15, 0.2) is 0 Å². The second-order valence-corrected chi connectivity index (χ2v) is 1.70. The summed E-state index contributed by atoms with van der Waals surface area (Å²) < 4.78 is 0. The fourth-order valence-corrected chi connectivity index (χ4v) is 0.468. The van der Waals surface area contributed by atoms with Gasteiger partial charge in [0.05, 0.1) is 6.21 Å². The standard InChI is InChI=1S/C5H7NO/c1-4-2-5(4)3-6-7/h2-3,5,7H,1H3/b6-3+. The lowest BCUT2D eigenvalue weighted by molar-refractivity contribution is 0.320. The van der Waals surface area contributed by atoms with E-state index in [1.165, 1.54) is 11.8 Å². The van der Waals surface area contributed by atoms with Crippen molar-refractivity contribution in [3.05, 3.63) is 11.6 Å². The summed E-state index contributed by atoms with van der Waals surface area (Å²) in [5.41, 5.74) is 1.29. The Bertz CT molecular complexity index is 126. The predicted octanol–water partition coefficient (Wildman–Crippen LogP) is 1.02. The molecule has 2 heteroatoms. The number of hydrogen-bond donors (Lipinski definition) is 1. The lowest BCUT2D eigenvalue weighted by Crippen LogP contribution is -1.77. The van der Waals surface area contributed by atoms with Crippen LogP contribution < -0.4 is 0 Å². The van der Waals surface area contributed by atoms with E-state index in [0.29, 0.717) is 5.92 Å². The van der Waals surface area contributed by atoms with Gasteiger partial charge >= 0.3 is 0 Å². The molecule has 0 heterocycles. The van der Waals surface area contributed by atoms with Crippen LogP contribution in [0.15, 0.2) is 16.8 Å². The first-order chi connectivity index (χ1) is 3.34. The molecule has 1 atom stereocenters. The number of hydrogen-bond acceptors (Lipinski definition) is 2. The van der Waals surface area contributed by atoms with E-state index in [2.05, 4.69) is 5.16 Å². The van der Waals surface area contributed by atoms with Crippen molar-refractivity contribution in [2.24, 2.45) is 11.1 Å². The molecule has 0 saturated heterocycles. The molecule has 0 aliphatic heterocycles. The highest BCUT2D eigenvalue weighted by Gasteiger charge is 2.16. The molecule has 1 aliphatic rings. The van der Waals surface area contributed by atoms with Crippen molar-refractivity contribution in [3.63, 3.8) is 0 Å². The van der Waals surface area contributed by atoms with Crippen LogP contribution in [-0.4, -0.2) is 11.4 Å². The predicted molar refractivity (Wildman–Crippen MR) is 27.5 cm³/mol. The number of nitrogens with zero attached hydrogens (tertiary/aromatic N) is 1. The van der Waals surface area contributed by atoms with E-state index in [-0.39, 0.29) is 0 Å². The summed E-state index contributed by atoms with van der Waals surface area (Å²) in [6.07, 6.45) is 3.54. The Kier molecular flexibility index (Phi) is 0.855. The van der Waals surface area contributed by atoms with Crippen LogP contribution in [0.3, 0.4) is 0 Å². The van der Waals surface area contributed by atoms with E-state index in [4.69, 9.17) is 5.21 Å². The van der Waals surface area contributed by atoms with Crippen LogP contribution in [-0.2, 0) is 0 Å². The summed E-state index contributed by atoms with van der Waals surface area (Å²) in [6, 6.07) is 0. The Labute approximate surface area is 42.1 Å². The van der Waals surface area contributed by atoms with E-state index in [1.807, 2.05) is 13.0 Å². The minimum atomic E-state index is 0.366. The van der Waals surface area contributed by atoms with Gasteiger partial charge in [-0.15, -0.1) is 5.16 Å². The molecule has 1 rings (SSSR count). The van der Waals surface area contributed by atoms with E-state index in [1.54, 1.807) is 0 Å². The summed E-state index contributed by atoms with van der Waals surface area (Å²) in [5, 5.41) is 10.8. The average Bonchev–Trinajstić information content (AvgIpc) is 2.22. The zero-order chi connectivity index (χ0) is 5.28. The Morgan fingerprint density at radius 3 is 2.71 bits per heavy atom. The van der Waals surface area contributed by atoms with Crippen molar-refractivity contribution in [3.8, 4) is 0 Å². The van der Waals surface area contributed by atoms with Crippen LogP contribution in [0.1, 0.15) is 6.92 Å². The summed E-state index contributed by atoms with van der Waals surface area (Å²) in [4.78, 5) is 0. The molecule has 0 aromatic carbocycles. The normalized spacial score (nSPS) is 28.1.